The fraction of sp³-hybridized carbons (Fsp3) is 0.333. The van der Waals surface area contributed by atoms with Crippen LogP contribution in [0.4, 0.5) is 10.1 Å². The Labute approximate surface area is 80.1 Å². The molecule has 0 amide bonds. The van der Waals surface area contributed by atoms with Gasteiger partial charge in [-0.3, -0.25) is 0 Å². The molecule has 3 heteroatoms. The highest BCUT2D eigenvalue weighted by atomic mass is 79.9. The Bertz CT molecular complexity index is 263. The van der Waals surface area contributed by atoms with Crippen molar-refractivity contribution in [3.8, 4) is 0 Å². The Morgan fingerprint density at radius 2 is 2.25 bits per heavy atom. The van der Waals surface area contributed by atoms with Crippen LogP contribution in [0.1, 0.15) is 5.56 Å². The van der Waals surface area contributed by atoms with E-state index in [2.05, 4.69) is 21.2 Å². The summed E-state index contributed by atoms with van der Waals surface area (Å²) in [5.74, 6) is 0. The average Bonchev–Trinajstić information content (AvgIpc) is 2.08. The van der Waals surface area contributed by atoms with E-state index in [1.165, 1.54) is 0 Å². The van der Waals surface area contributed by atoms with Crippen molar-refractivity contribution in [2.24, 2.45) is 0 Å². The molecule has 0 heterocycles. The van der Waals surface area contributed by atoms with Gasteiger partial charge in [0.15, 0.2) is 0 Å². The van der Waals surface area contributed by atoms with Gasteiger partial charge in [-0.2, -0.15) is 0 Å². The Balaban J connectivity index is 2.78. The number of nitrogens with one attached hydrogen (secondary N) is 1. The molecule has 1 nitrogen and oxygen atoms in total. The van der Waals surface area contributed by atoms with Gasteiger partial charge in [0.1, 0.15) is 6.67 Å². The number of halogens is 2. The van der Waals surface area contributed by atoms with Gasteiger partial charge in [0, 0.05) is 16.7 Å². The van der Waals surface area contributed by atoms with Gasteiger partial charge < -0.3 is 5.32 Å². The van der Waals surface area contributed by atoms with Crippen LogP contribution in [0.15, 0.2) is 22.7 Å². The normalized spacial score (nSPS) is 9.92. The molecular weight excluding hydrogens is 221 g/mol. The largest absolute Gasteiger partial charge is 0.381 e. The highest BCUT2D eigenvalue weighted by Crippen LogP contribution is 2.25. The topological polar surface area (TPSA) is 12.0 Å². The minimum Gasteiger partial charge on any atom is -0.381 e. The third-order valence-electron chi connectivity index (χ3n) is 1.60. The molecule has 1 rings (SSSR count). The summed E-state index contributed by atoms with van der Waals surface area (Å²) in [7, 11) is 0. The molecule has 66 valence electrons. The van der Waals surface area contributed by atoms with Gasteiger partial charge in [0.25, 0.3) is 0 Å². The second kappa shape index (κ2) is 4.45. The molecule has 0 saturated heterocycles. The Kier molecular flexibility index (Phi) is 3.53. The molecule has 12 heavy (non-hydrogen) atoms. The first-order valence-corrected chi connectivity index (χ1v) is 4.60. The zero-order valence-electron chi connectivity index (χ0n) is 6.90. The van der Waals surface area contributed by atoms with Gasteiger partial charge in [-0.15, -0.1) is 0 Å². The molecule has 0 aromatic heterocycles. The Morgan fingerprint density at radius 1 is 1.50 bits per heavy atom. The maximum absolute atomic E-state index is 11.8. The van der Waals surface area contributed by atoms with E-state index in [1.807, 2.05) is 25.1 Å². The molecule has 0 aliphatic rings. The standard InChI is InChI=1S/C9H11BrFN/c1-7-3-2-4-8(9(7)10)12-6-5-11/h2-4,12H,5-6H2,1H3. The number of rotatable bonds is 3. The first-order chi connectivity index (χ1) is 5.75. The quantitative estimate of drug-likeness (QED) is 0.844. The summed E-state index contributed by atoms with van der Waals surface area (Å²) in [4.78, 5) is 0. The fourth-order valence-corrected chi connectivity index (χ4v) is 1.37. The summed E-state index contributed by atoms with van der Waals surface area (Å²) in [6, 6.07) is 5.87. The lowest BCUT2D eigenvalue weighted by Crippen LogP contribution is -2.03. The Morgan fingerprint density at radius 3 is 2.92 bits per heavy atom. The Hall–Kier alpha value is -0.570. The summed E-state index contributed by atoms with van der Waals surface area (Å²) in [5, 5.41) is 2.98. The molecule has 0 spiro atoms. The third kappa shape index (κ3) is 2.21. The van der Waals surface area contributed by atoms with Crippen LogP contribution in [0.3, 0.4) is 0 Å². The van der Waals surface area contributed by atoms with Crippen molar-refractivity contribution in [1.29, 1.82) is 0 Å². The molecule has 0 aliphatic carbocycles. The molecule has 0 fully saturated rings. The van der Waals surface area contributed by atoms with E-state index in [0.29, 0.717) is 6.54 Å². The second-order valence-electron chi connectivity index (χ2n) is 2.55. The van der Waals surface area contributed by atoms with E-state index in [4.69, 9.17) is 0 Å². The maximum Gasteiger partial charge on any atom is 0.107 e. The summed E-state index contributed by atoms with van der Waals surface area (Å²) >= 11 is 3.43. The van der Waals surface area contributed by atoms with Crippen molar-refractivity contribution in [2.75, 3.05) is 18.5 Å². The van der Waals surface area contributed by atoms with E-state index < -0.39 is 0 Å². The van der Waals surface area contributed by atoms with E-state index in [9.17, 15) is 4.39 Å². The number of anilines is 1. The zero-order chi connectivity index (χ0) is 8.97. The molecule has 1 aromatic carbocycles. The van der Waals surface area contributed by atoms with E-state index in [1.54, 1.807) is 0 Å². The van der Waals surface area contributed by atoms with Gasteiger partial charge in [-0.1, -0.05) is 12.1 Å². The summed E-state index contributed by atoms with van der Waals surface area (Å²) in [5.41, 5.74) is 2.10. The van der Waals surface area contributed by atoms with Gasteiger partial charge in [0.05, 0.1) is 0 Å². The van der Waals surface area contributed by atoms with Crippen molar-refractivity contribution in [1.82, 2.24) is 0 Å². The predicted molar refractivity (Wildman–Crippen MR) is 53.3 cm³/mol. The summed E-state index contributed by atoms with van der Waals surface area (Å²) < 4.78 is 12.8. The van der Waals surface area contributed by atoms with Gasteiger partial charge in [-0.05, 0) is 34.5 Å². The van der Waals surface area contributed by atoms with Crippen molar-refractivity contribution in [2.45, 2.75) is 6.92 Å². The lowest BCUT2D eigenvalue weighted by Gasteiger charge is -2.07. The molecule has 0 bridgehead atoms. The lowest BCUT2D eigenvalue weighted by atomic mass is 10.2. The lowest BCUT2D eigenvalue weighted by molar-refractivity contribution is 0.512. The molecule has 0 saturated carbocycles. The fourth-order valence-electron chi connectivity index (χ4n) is 0.966. The summed E-state index contributed by atoms with van der Waals surface area (Å²) in [6.07, 6.45) is 0. The summed E-state index contributed by atoms with van der Waals surface area (Å²) in [6.45, 7) is 2.02. The van der Waals surface area contributed by atoms with Gasteiger partial charge in [-0.25, -0.2) is 4.39 Å². The van der Waals surface area contributed by atoms with Crippen LogP contribution in [0, 0.1) is 6.92 Å². The van der Waals surface area contributed by atoms with Crippen molar-refractivity contribution < 1.29 is 4.39 Å². The van der Waals surface area contributed by atoms with Crippen molar-refractivity contribution in [3.63, 3.8) is 0 Å². The van der Waals surface area contributed by atoms with Crippen LogP contribution in [0.5, 0.6) is 0 Å². The molecule has 0 unspecified atom stereocenters. The second-order valence-corrected chi connectivity index (χ2v) is 3.35. The van der Waals surface area contributed by atoms with Gasteiger partial charge >= 0.3 is 0 Å². The molecule has 0 atom stereocenters. The van der Waals surface area contributed by atoms with Crippen molar-refractivity contribution in [3.05, 3.63) is 28.2 Å². The highest BCUT2D eigenvalue weighted by Gasteiger charge is 1.99. The average molecular weight is 232 g/mol. The minimum atomic E-state index is -0.347. The van der Waals surface area contributed by atoms with Crippen LogP contribution in [-0.4, -0.2) is 13.2 Å². The highest BCUT2D eigenvalue weighted by molar-refractivity contribution is 9.10. The van der Waals surface area contributed by atoms with Crippen LogP contribution in [-0.2, 0) is 0 Å². The van der Waals surface area contributed by atoms with E-state index >= 15 is 0 Å². The van der Waals surface area contributed by atoms with Crippen LogP contribution in [0.2, 0.25) is 0 Å². The number of hydrogen-bond donors (Lipinski definition) is 1. The third-order valence-corrected chi connectivity index (χ3v) is 2.65. The monoisotopic (exact) mass is 231 g/mol. The first-order valence-electron chi connectivity index (χ1n) is 3.80. The first kappa shape index (κ1) is 9.52. The zero-order valence-corrected chi connectivity index (χ0v) is 8.49. The molecular formula is C9H11BrFN. The number of alkyl halides is 1. The van der Waals surface area contributed by atoms with Crippen LogP contribution in [0.25, 0.3) is 0 Å². The van der Waals surface area contributed by atoms with Gasteiger partial charge in [0.2, 0.25) is 0 Å². The molecule has 1 N–H and O–H groups in total. The van der Waals surface area contributed by atoms with Crippen molar-refractivity contribution >= 4 is 21.6 Å². The molecule has 1 aromatic rings. The predicted octanol–water partition coefficient (Wildman–Crippen LogP) is 3.14. The molecule has 0 radical (unpaired) electrons. The molecule has 0 aliphatic heterocycles. The van der Waals surface area contributed by atoms with Crippen LogP contribution >= 0.6 is 15.9 Å². The smallest absolute Gasteiger partial charge is 0.107 e. The SMILES string of the molecule is Cc1cccc(NCCF)c1Br. The van der Waals surface area contributed by atoms with E-state index in [0.717, 1.165) is 15.7 Å². The van der Waals surface area contributed by atoms with Crippen LogP contribution < -0.4 is 5.32 Å². The maximum atomic E-state index is 11.8. The minimum absolute atomic E-state index is 0.347. The number of aryl methyl sites for hydroxylation is 1. The number of hydrogen-bond acceptors (Lipinski definition) is 1. The number of benzene rings is 1. The van der Waals surface area contributed by atoms with E-state index in [-0.39, 0.29) is 6.67 Å².